The Hall–Kier alpha value is -2.89. The molecule has 0 radical (unpaired) electrons. The van der Waals surface area contributed by atoms with Crippen LogP contribution in [0.25, 0.3) is 0 Å². The van der Waals surface area contributed by atoms with Crippen molar-refractivity contribution in [2.45, 2.75) is 31.6 Å². The lowest BCUT2D eigenvalue weighted by Gasteiger charge is -2.31. The van der Waals surface area contributed by atoms with E-state index in [0.29, 0.717) is 25.9 Å². The number of nitrogens with zero attached hydrogens (tertiary/aromatic N) is 3. The highest BCUT2D eigenvalue weighted by atomic mass is 32.2. The number of nitriles is 1. The Labute approximate surface area is 190 Å². The van der Waals surface area contributed by atoms with Crippen LogP contribution in [0.2, 0.25) is 0 Å². The Bertz CT molecular complexity index is 1090. The van der Waals surface area contributed by atoms with Crippen LogP contribution >= 0.6 is 0 Å². The molecule has 2 aromatic carbocycles. The van der Waals surface area contributed by atoms with E-state index in [-0.39, 0.29) is 35.4 Å². The van der Waals surface area contributed by atoms with Gasteiger partial charge in [-0.05, 0) is 56.5 Å². The number of sulfonamides is 1. The molecule has 1 amide bonds. The topological polar surface area (TPSA) is 93.5 Å². The minimum atomic E-state index is -3.75. The van der Waals surface area contributed by atoms with Gasteiger partial charge in [0.15, 0.2) is 0 Å². The zero-order chi connectivity index (χ0) is 23.1. The predicted molar refractivity (Wildman–Crippen MR) is 125 cm³/mol. The van der Waals surface area contributed by atoms with E-state index in [2.05, 4.69) is 42.3 Å². The normalized spacial score (nSPS) is 15.2. The van der Waals surface area contributed by atoms with Gasteiger partial charge in [-0.1, -0.05) is 24.3 Å². The number of piperidine rings is 1. The van der Waals surface area contributed by atoms with Gasteiger partial charge in [0.1, 0.15) is 6.07 Å². The van der Waals surface area contributed by atoms with E-state index in [1.165, 1.54) is 22.0 Å². The van der Waals surface area contributed by atoms with Crippen molar-refractivity contribution in [3.05, 3.63) is 59.7 Å². The summed E-state index contributed by atoms with van der Waals surface area (Å²) in [6, 6.07) is 16.5. The van der Waals surface area contributed by atoms with Crippen molar-refractivity contribution >= 4 is 21.6 Å². The predicted octanol–water partition coefficient (Wildman–Crippen LogP) is 2.91. The molecule has 7 nitrogen and oxygen atoms in total. The van der Waals surface area contributed by atoms with Gasteiger partial charge >= 0.3 is 0 Å². The molecule has 1 aliphatic rings. The summed E-state index contributed by atoms with van der Waals surface area (Å²) in [7, 11) is -3.75. The van der Waals surface area contributed by atoms with Crippen LogP contribution < -0.4 is 10.2 Å². The van der Waals surface area contributed by atoms with E-state index >= 15 is 0 Å². The fourth-order valence-electron chi connectivity index (χ4n) is 4.03. The van der Waals surface area contributed by atoms with Crippen LogP contribution in [0.4, 0.5) is 5.69 Å². The third-order valence-electron chi connectivity index (χ3n) is 5.88. The molecule has 0 saturated carbocycles. The monoisotopic (exact) mass is 454 g/mol. The van der Waals surface area contributed by atoms with Crippen LogP contribution in [0, 0.1) is 24.2 Å². The highest BCUT2D eigenvalue weighted by Crippen LogP contribution is 2.25. The fourth-order valence-corrected chi connectivity index (χ4v) is 5.65. The largest absolute Gasteiger partial charge is 0.370 e. The molecule has 0 unspecified atom stereocenters. The molecule has 1 N–H and O–H groups in total. The van der Waals surface area contributed by atoms with Crippen molar-refractivity contribution in [1.29, 1.82) is 5.26 Å². The average molecular weight is 455 g/mol. The van der Waals surface area contributed by atoms with E-state index in [4.69, 9.17) is 0 Å². The summed E-state index contributed by atoms with van der Waals surface area (Å²) in [5.41, 5.74) is 2.48. The summed E-state index contributed by atoms with van der Waals surface area (Å²) < 4.78 is 27.3. The molecule has 32 heavy (non-hydrogen) atoms. The Morgan fingerprint density at radius 3 is 2.56 bits per heavy atom. The van der Waals surface area contributed by atoms with Gasteiger partial charge in [0.05, 0.1) is 10.5 Å². The highest BCUT2D eigenvalue weighted by molar-refractivity contribution is 7.89. The minimum absolute atomic E-state index is 0.0280. The second-order valence-electron chi connectivity index (χ2n) is 8.00. The fraction of sp³-hybridized carbons (Fsp3) is 0.417. The van der Waals surface area contributed by atoms with Crippen molar-refractivity contribution < 1.29 is 13.2 Å². The molecule has 0 aromatic heterocycles. The second kappa shape index (κ2) is 10.6. The summed E-state index contributed by atoms with van der Waals surface area (Å²) in [5, 5.41) is 12.2. The van der Waals surface area contributed by atoms with Gasteiger partial charge < -0.3 is 10.2 Å². The van der Waals surface area contributed by atoms with Gasteiger partial charge in [-0.25, -0.2) is 8.42 Å². The zero-order valence-corrected chi connectivity index (χ0v) is 19.4. The van der Waals surface area contributed by atoms with Gasteiger partial charge in [-0.2, -0.15) is 9.57 Å². The van der Waals surface area contributed by atoms with Crippen LogP contribution in [0.3, 0.4) is 0 Å². The van der Waals surface area contributed by atoms with E-state index in [0.717, 1.165) is 12.2 Å². The number of amides is 1. The molecule has 8 heteroatoms. The first-order chi connectivity index (χ1) is 15.4. The maximum absolute atomic E-state index is 13.0. The number of rotatable bonds is 8. The summed E-state index contributed by atoms with van der Waals surface area (Å²) >= 11 is 0. The van der Waals surface area contributed by atoms with E-state index < -0.39 is 10.0 Å². The molecule has 0 bridgehead atoms. The molecule has 2 aromatic rings. The summed E-state index contributed by atoms with van der Waals surface area (Å²) in [6.07, 6.45) is 0.935. The quantitative estimate of drug-likeness (QED) is 0.662. The minimum Gasteiger partial charge on any atom is -0.370 e. The molecule has 0 spiro atoms. The smallest absolute Gasteiger partial charge is 0.244 e. The molecule has 0 atom stereocenters. The molecular formula is C24H30N4O3S. The van der Waals surface area contributed by atoms with Crippen LogP contribution in [0.15, 0.2) is 53.4 Å². The van der Waals surface area contributed by atoms with E-state index in [9.17, 15) is 18.5 Å². The van der Waals surface area contributed by atoms with Crippen molar-refractivity contribution in [2.24, 2.45) is 5.92 Å². The Morgan fingerprint density at radius 1 is 1.19 bits per heavy atom. The van der Waals surface area contributed by atoms with Gasteiger partial charge in [-0.15, -0.1) is 0 Å². The molecule has 170 valence electrons. The van der Waals surface area contributed by atoms with Crippen LogP contribution in [-0.4, -0.2) is 51.4 Å². The molecule has 1 aliphatic heterocycles. The number of aryl methyl sites for hydroxylation is 1. The van der Waals surface area contributed by atoms with Gasteiger partial charge in [0.2, 0.25) is 15.9 Å². The lowest BCUT2D eigenvalue weighted by atomic mass is 9.97. The highest BCUT2D eigenvalue weighted by Gasteiger charge is 2.33. The Morgan fingerprint density at radius 2 is 1.91 bits per heavy atom. The van der Waals surface area contributed by atoms with Crippen molar-refractivity contribution in [1.82, 2.24) is 9.62 Å². The first-order valence-electron chi connectivity index (χ1n) is 11.0. The molecule has 1 heterocycles. The van der Waals surface area contributed by atoms with Crippen molar-refractivity contribution in [3.63, 3.8) is 0 Å². The lowest BCUT2D eigenvalue weighted by Crippen LogP contribution is -2.44. The third kappa shape index (κ3) is 5.47. The number of carbonyl (C=O) groups is 1. The number of hydrogen-bond donors (Lipinski definition) is 1. The number of likely N-dealkylation sites (N-methyl/N-ethyl adjacent to an activating group) is 1. The Balaban J connectivity index is 1.52. The van der Waals surface area contributed by atoms with Crippen LogP contribution in [0.1, 0.15) is 30.9 Å². The second-order valence-corrected chi connectivity index (χ2v) is 9.90. The van der Waals surface area contributed by atoms with Crippen LogP contribution in [0.5, 0.6) is 0 Å². The van der Waals surface area contributed by atoms with E-state index in [1.54, 1.807) is 12.1 Å². The maximum atomic E-state index is 13.0. The number of nitrogens with one attached hydrogen (secondary N) is 1. The molecule has 1 saturated heterocycles. The molecule has 3 rings (SSSR count). The van der Waals surface area contributed by atoms with Gasteiger partial charge in [0, 0.05) is 44.3 Å². The number of anilines is 1. The van der Waals surface area contributed by atoms with Crippen molar-refractivity contribution in [3.8, 4) is 6.07 Å². The lowest BCUT2D eigenvalue weighted by molar-refractivity contribution is -0.126. The molecule has 1 fully saturated rings. The third-order valence-corrected chi connectivity index (χ3v) is 7.84. The maximum Gasteiger partial charge on any atom is 0.244 e. The Kier molecular flexibility index (Phi) is 7.89. The zero-order valence-electron chi connectivity index (χ0n) is 18.6. The number of benzene rings is 2. The number of carbonyl (C=O) groups excluding carboxylic acids is 1. The summed E-state index contributed by atoms with van der Waals surface area (Å²) in [5.74, 6) is -0.235. The van der Waals surface area contributed by atoms with Gasteiger partial charge in [-0.3, -0.25) is 4.79 Å². The first kappa shape index (κ1) is 23.8. The SMILES string of the molecule is CCN(CCNC(=O)C1CCN(S(=O)(=O)c2ccccc2C#N)CC1)c1cccc(C)c1. The van der Waals surface area contributed by atoms with Crippen molar-refractivity contribution in [2.75, 3.05) is 37.6 Å². The summed E-state index contributed by atoms with van der Waals surface area (Å²) in [6.45, 7) is 6.78. The van der Waals surface area contributed by atoms with E-state index in [1.807, 2.05) is 12.1 Å². The number of hydrogen-bond acceptors (Lipinski definition) is 5. The molecule has 0 aliphatic carbocycles. The molecular weight excluding hydrogens is 424 g/mol. The van der Waals surface area contributed by atoms with Crippen LogP contribution in [-0.2, 0) is 14.8 Å². The van der Waals surface area contributed by atoms with Gasteiger partial charge in [0.25, 0.3) is 0 Å². The average Bonchev–Trinajstić information content (AvgIpc) is 2.81. The standard InChI is InChI=1S/C24H30N4O3S/c1-3-27(22-9-6-7-19(2)17-22)16-13-26-24(29)20-11-14-28(15-12-20)32(30,31)23-10-5-4-8-21(23)18-25/h4-10,17,20H,3,11-16H2,1-2H3,(H,26,29). The first-order valence-corrected chi connectivity index (χ1v) is 12.4. The summed E-state index contributed by atoms with van der Waals surface area (Å²) in [4.78, 5) is 14.9.